The van der Waals surface area contributed by atoms with Crippen LogP contribution in [-0.2, 0) is 6.54 Å². The first-order chi connectivity index (χ1) is 9.40. The highest BCUT2D eigenvalue weighted by Crippen LogP contribution is 2.15. The summed E-state index contributed by atoms with van der Waals surface area (Å²) in [4.78, 5) is 8.92. The quantitative estimate of drug-likeness (QED) is 0.541. The van der Waals surface area contributed by atoms with Gasteiger partial charge in [-0.1, -0.05) is 12.1 Å². The molecule has 0 bridgehead atoms. The lowest BCUT2D eigenvalue weighted by Gasteiger charge is -1.96. The summed E-state index contributed by atoms with van der Waals surface area (Å²) >= 11 is 0. The average Bonchev–Trinajstić information content (AvgIpc) is 3.08. The van der Waals surface area contributed by atoms with Crippen LogP contribution < -0.4 is 0 Å². The molecular formula is C13H10N6. The molecule has 1 aromatic carbocycles. The van der Waals surface area contributed by atoms with Gasteiger partial charge >= 0.3 is 0 Å². The maximum absolute atomic E-state index is 4.57. The topological polar surface area (TPSA) is 60.9 Å². The van der Waals surface area contributed by atoms with Gasteiger partial charge < -0.3 is 0 Å². The monoisotopic (exact) mass is 250 g/mol. The molecule has 0 N–H and O–H groups in total. The number of fused-ring (bicyclic) bond motifs is 3. The van der Waals surface area contributed by atoms with E-state index in [0.717, 1.165) is 22.4 Å². The summed E-state index contributed by atoms with van der Waals surface area (Å²) in [6, 6.07) is 9.80. The van der Waals surface area contributed by atoms with Gasteiger partial charge in [-0.25, -0.2) is 14.5 Å². The zero-order valence-corrected chi connectivity index (χ0v) is 10.0. The zero-order valence-electron chi connectivity index (χ0n) is 10.0. The van der Waals surface area contributed by atoms with Crippen molar-refractivity contribution in [3.8, 4) is 0 Å². The van der Waals surface area contributed by atoms with Gasteiger partial charge in [0.2, 0.25) is 0 Å². The molecule has 3 heterocycles. The number of benzene rings is 1. The number of hydrogen-bond donors (Lipinski definition) is 0. The van der Waals surface area contributed by atoms with Crippen LogP contribution in [0.5, 0.6) is 0 Å². The molecule has 4 rings (SSSR count). The maximum Gasteiger partial charge on any atom is 0.173 e. The second-order valence-corrected chi connectivity index (χ2v) is 4.26. The molecule has 6 nitrogen and oxygen atoms in total. The van der Waals surface area contributed by atoms with Crippen molar-refractivity contribution in [1.29, 1.82) is 0 Å². The summed E-state index contributed by atoms with van der Waals surface area (Å²) < 4.78 is 3.51. The molecule has 0 unspecified atom stereocenters. The molecule has 0 aliphatic rings. The molecular weight excluding hydrogens is 240 g/mol. The predicted molar refractivity (Wildman–Crippen MR) is 69.6 cm³/mol. The van der Waals surface area contributed by atoms with Crippen LogP contribution in [0.4, 0.5) is 0 Å². The van der Waals surface area contributed by atoms with Crippen molar-refractivity contribution >= 4 is 16.6 Å². The largest absolute Gasteiger partial charge is 0.265 e. The molecule has 19 heavy (non-hydrogen) atoms. The lowest BCUT2D eigenvalue weighted by atomic mass is 10.2. The third-order valence-electron chi connectivity index (χ3n) is 2.99. The molecule has 0 aliphatic heterocycles. The van der Waals surface area contributed by atoms with Crippen molar-refractivity contribution in [3.05, 3.63) is 54.9 Å². The number of rotatable bonds is 2. The molecule has 0 fully saturated rings. The maximum atomic E-state index is 4.57. The SMILES string of the molecule is c1ccc2c(c1)ncn1nc(Cn3cccn3)nc21. The van der Waals surface area contributed by atoms with Crippen LogP contribution >= 0.6 is 0 Å². The summed E-state index contributed by atoms with van der Waals surface area (Å²) in [7, 11) is 0. The van der Waals surface area contributed by atoms with Gasteiger partial charge in [-0.2, -0.15) is 5.10 Å². The molecule has 0 radical (unpaired) electrons. The van der Waals surface area contributed by atoms with Gasteiger partial charge in [-0.05, 0) is 18.2 Å². The minimum atomic E-state index is 0.559. The Morgan fingerprint density at radius 3 is 2.95 bits per heavy atom. The lowest BCUT2D eigenvalue weighted by molar-refractivity contribution is 0.653. The van der Waals surface area contributed by atoms with Gasteiger partial charge in [0.25, 0.3) is 0 Å². The minimum Gasteiger partial charge on any atom is -0.265 e. The van der Waals surface area contributed by atoms with Crippen molar-refractivity contribution < 1.29 is 0 Å². The first-order valence-corrected chi connectivity index (χ1v) is 5.96. The van der Waals surface area contributed by atoms with E-state index in [1.54, 1.807) is 21.7 Å². The second-order valence-electron chi connectivity index (χ2n) is 4.26. The molecule has 0 saturated heterocycles. The van der Waals surface area contributed by atoms with Crippen LogP contribution in [-0.4, -0.2) is 29.4 Å². The van der Waals surface area contributed by atoms with E-state index in [4.69, 9.17) is 0 Å². The molecule has 0 aliphatic carbocycles. The number of para-hydroxylation sites is 1. The summed E-state index contributed by atoms with van der Waals surface area (Å²) in [6.45, 7) is 0.559. The smallest absolute Gasteiger partial charge is 0.173 e. The van der Waals surface area contributed by atoms with E-state index in [9.17, 15) is 0 Å². The van der Waals surface area contributed by atoms with Crippen LogP contribution in [0.2, 0.25) is 0 Å². The van der Waals surface area contributed by atoms with E-state index >= 15 is 0 Å². The van der Waals surface area contributed by atoms with E-state index in [1.807, 2.05) is 36.5 Å². The fraction of sp³-hybridized carbons (Fsp3) is 0.0769. The molecule has 0 atom stereocenters. The fourth-order valence-corrected chi connectivity index (χ4v) is 2.13. The summed E-state index contributed by atoms with van der Waals surface area (Å²) in [5, 5.41) is 9.58. The van der Waals surface area contributed by atoms with Gasteiger partial charge in [0.15, 0.2) is 11.5 Å². The van der Waals surface area contributed by atoms with Crippen molar-refractivity contribution in [2.75, 3.05) is 0 Å². The molecule has 4 aromatic rings. The Hall–Kier alpha value is -2.76. The van der Waals surface area contributed by atoms with E-state index in [1.165, 1.54) is 0 Å². The van der Waals surface area contributed by atoms with Crippen LogP contribution in [0.15, 0.2) is 49.1 Å². The van der Waals surface area contributed by atoms with Crippen LogP contribution in [0.1, 0.15) is 5.82 Å². The number of hydrogen-bond acceptors (Lipinski definition) is 4. The highest BCUT2D eigenvalue weighted by Gasteiger charge is 2.08. The first-order valence-electron chi connectivity index (χ1n) is 5.96. The third kappa shape index (κ3) is 1.65. The Labute approximate surface area is 108 Å². The van der Waals surface area contributed by atoms with E-state index in [-0.39, 0.29) is 0 Å². The highest BCUT2D eigenvalue weighted by molar-refractivity contribution is 5.90. The average molecular weight is 250 g/mol. The Kier molecular flexibility index (Phi) is 2.08. The summed E-state index contributed by atoms with van der Waals surface area (Å²) in [5.41, 5.74) is 1.75. The predicted octanol–water partition coefficient (Wildman–Crippen LogP) is 1.52. The van der Waals surface area contributed by atoms with Crippen molar-refractivity contribution in [2.24, 2.45) is 0 Å². The molecule has 92 valence electrons. The highest BCUT2D eigenvalue weighted by atomic mass is 15.3. The first kappa shape index (κ1) is 10.2. The Balaban J connectivity index is 1.88. The van der Waals surface area contributed by atoms with Gasteiger partial charge in [0.1, 0.15) is 12.9 Å². The Morgan fingerprint density at radius 2 is 2.05 bits per heavy atom. The van der Waals surface area contributed by atoms with Gasteiger partial charge in [-0.3, -0.25) is 4.68 Å². The second kappa shape index (κ2) is 3.88. The van der Waals surface area contributed by atoms with E-state index in [2.05, 4.69) is 20.2 Å². The normalized spacial score (nSPS) is 11.4. The summed E-state index contributed by atoms with van der Waals surface area (Å²) in [5.74, 6) is 0.724. The number of nitrogens with zero attached hydrogens (tertiary/aromatic N) is 6. The van der Waals surface area contributed by atoms with Crippen LogP contribution in [0.3, 0.4) is 0 Å². The van der Waals surface area contributed by atoms with Crippen molar-refractivity contribution in [3.63, 3.8) is 0 Å². The third-order valence-corrected chi connectivity index (χ3v) is 2.99. The Morgan fingerprint density at radius 1 is 1.11 bits per heavy atom. The number of aromatic nitrogens is 6. The molecule has 3 aromatic heterocycles. The van der Waals surface area contributed by atoms with Gasteiger partial charge in [-0.15, -0.1) is 5.10 Å². The molecule has 0 spiro atoms. The minimum absolute atomic E-state index is 0.559. The van der Waals surface area contributed by atoms with Crippen LogP contribution in [0.25, 0.3) is 16.6 Å². The summed E-state index contributed by atoms with van der Waals surface area (Å²) in [6.07, 6.45) is 5.33. The van der Waals surface area contributed by atoms with Gasteiger partial charge in [0, 0.05) is 17.8 Å². The zero-order chi connectivity index (χ0) is 12.7. The molecule has 0 saturated carbocycles. The fourth-order valence-electron chi connectivity index (χ4n) is 2.13. The molecule has 0 amide bonds. The van der Waals surface area contributed by atoms with Crippen LogP contribution in [0, 0.1) is 0 Å². The standard InChI is InChI=1S/C13H10N6/c1-2-5-11-10(4-1)13-16-12(17-19(13)9-14-11)8-18-7-3-6-15-18/h1-7,9H,8H2. The lowest BCUT2D eigenvalue weighted by Crippen LogP contribution is -2.01. The Bertz CT molecular complexity index is 846. The van der Waals surface area contributed by atoms with E-state index in [0.29, 0.717) is 6.54 Å². The molecule has 6 heteroatoms. The van der Waals surface area contributed by atoms with Crippen molar-refractivity contribution in [1.82, 2.24) is 29.4 Å². The van der Waals surface area contributed by atoms with Gasteiger partial charge in [0.05, 0.1) is 5.52 Å². The van der Waals surface area contributed by atoms with Crippen molar-refractivity contribution in [2.45, 2.75) is 6.54 Å². The van der Waals surface area contributed by atoms with E-state index < -0.39 is 0 Å².